The zero-order valence-electron chi connectivity index (χ0n) is 11.2. The van der Waals surface area contributed by atoms with Crippen LogP contribution in [0.4, 0.5) is 0 Å². The Hall–Kier alpha value is -0.0800. The van der Waals surface area contributed by atoms with Gasteiger partial charge in [0.25, 0.3) is 0 Å². The molecule has 0 aromatic rings. The van der Waals surface area contributed by atoms with Gasteiger partial charge in [-0.25, -0.2) is 0 Å². The monoisotopic (exact) mass is 239 g/mol. The number of nitrogens with zero attached hydrogens (tertiary/aromatic N) is 1. The van der Waals surface area contributed by atoms with Gasteiger partial charge in [-0.2, -0.15) is 0 Å². The van der Waals surface area contributed by atoms with Crippen LogP contribution in [0.15, 0.2) is 0 Å². The molecule has 1 unspecified atom stereocenters. The molecular weight excluding hydrogens is 210 g/mol. The molecule has 2 rings (SSSR count). The van der Waals surface area contributed by atoms with Gasteiger partial charge in [-0.05, 0) is 38.3 Å². The molecule has 0 aromatic heterocycles. The first-order chi connectivity index (χ1) is 8.40. The van der Waals surface area contributed by atoms with Gasteiger partial charge in [0.15, 0.2) is 0 Å². The minimum Gasteiger partial charge on any atom is -0.395 e. The van der Waals surface area contributed by atoms with Crippen LogP contribution in [0.1, 0.15) is 64.2 Å². The van der Waals surface area contributed by atoms with Gasteiger partial charge >= 0.3 is 0 Å². The Labute approximate surface area is 106 Å². The van der Waals surface area contributed by atoms with Gasteiger partial charge in [0.2, 0.25) is 0 Å². The maximum Gasteiger partial charge on any atom is 0.0586 e. The van der Waals surface area contributed by atoms with Crippen molar-refractivity contribution in [2.24, 2.45) is 5.92 Å². The molecule has 0 amide bonds. The average molecular weight is 239 g/mol. The van der Waals surface area contributed by atoms with Crippen molar-refractivity contribution in [1.82, 2.24) is 4.90 Å². The number of aliphatic hydroxyl groups excluding tert-OH is 1. The number of hydrogen-bond donors (Lipinski definition) is 1. The molecule has 0 radical (unpaired) electrons. The molecule has 2 fully saturated rings. The topological polar surface area (TPSA) is 23.5 Å². The number of hydrogen-bond acceptors (Lipinski definition) is 2. The maximum absolute atomic E-state index is 9.48. The van der Waals surface area contributed by atoms with E-state index in [0.29, 0.717) is 12.6 Å². The van der Waals surface area contributed by atoms with E-state index >= 15 is 0 Å². The smallest absolute Gasteiger partial charge is 0.0586 e. The molecule has 1 N–H and O–H groups in total. The van der Waals surface area contributed by atoms with E-state index in [0.717, 1.165) is 5.92 Å². The summed E-state index contributed by atoms with van der Waals surface area (Å²) in [6.45, 7) is 2.82. The minimum atomic E-state index is 0.366. The van der Waals surface area contributed by atoms with Crippen molar-refractivity contribution >= 4 is 0 Å². The van der Waals surface area contributed by atoms with E-state index in [4.69, 9.17) is 0 Å². The molecule has 1 saturated carbocycles. The van der Waals surface area contributed by atoms with Gasteiger partial charge in [-0.3, -0.25) is 4.90 Å². The van der Waals surface area contributed by atoms with Crippen LogP contribution in [-0.2, 0) is 0 Å². The van der Waals surface area contributed by atoms with Gasteiger partial charge < -0.3 is 5.11 Å². The summed E-state index contributed by atoms with van der Waals surface area (Å²) in [5, 5.41) is 9.48. The molecule has 2 nitrogen and oxygen atoms in total. The average Bonchev–Trinajstić information content (AvgIpc) is 2.62. The normalized spacial score (nSPS) is 29.1. The van der Waals surface area contributed by atoms with Crippen LogP contribution in [0.25, 0.3) is 0 Å². The third-order valence-corrected chi connectivity index (χ3v) is 4.76. The van der Waals surface area contributed by atoms with E-state index in [1.54, 1.807) is 0 Å². The van der Waals surface area contributed by atoms with Crippen LogP contribution in [0, 0.1) is 5.92 Å². The van der Waals surface area contributed by atoms with Gasteiger partial charge in [-0.15, -0.1) is 0 Å². The van der Waals surface area contributed by atoms with E-state index in [-0.39, 0.29) is 0 Å². The highest BCUT2D eigenvalue weighted by atomic mass is 16.3. The highest BCUT2D eigenvalue weighted by Gasteiger charge is 2.21. The second-order valence-electron chi connectivity index (χ2n) is 6.01. The Morgan fingerprint density at radius 3 is 2.35 bits per heavy atom. The second-order valence-corrected chi connectivity index (χ2v) is 6.01. The summed E-state index contributed by atoms with van der Waals surface area (Å²) in [4.78, 5) is 2.57. The number of aliphatic hydroxyl groups is 1. The van der Waals surface area contributed by atoms with Gasteiger partial charge in [0.05, 0.1) is 6.61 Å². The van der Waals surface area contributed by atoms with E-state index < -0.39 is 0 Å². The summed E-state index contributed by atoms with van der Waals surface area (Å²) in [5.74, 6) is 0.978. The Morgan fingerprint density at radius 2 is 1.59 bits per heavy atom. The largest absolute Gasteiger partial charge is 0.395 e. The fourth-order valence-electron chi connectivity index (χ4n) is 3.56. The molecule has 100 valence electrons. The molecular formula is C15H29NO. The minimum absolute atomic E-state index is 0.366. The van der Waals surface area contributed by atoms with E-state index in [9.17, 15) is 5.11 Å². The fourth-order valence-corrected chi connectivity index (χ4v) is 3.56. The number of rotatable bonds is 4. The van der Waals surface area contributed by atoms with Gasteiger partial charge in [0, 0.05) is 6.04 Å². The second kappa shape index (κ2) is 7.38. The third-order valence-electron chi connectivity index (χ3n) is 4.76. The van der Waals surface area contributed by atoms with Crippen LogP contribution in [0.2, 0.25) is 0 Å². The third kappa shape index (κ3) is 4.26. The lowest BCUT2D eigenvalue weighted by Crippen LogP contribution is -2.38. The lowest BCUT2D eigenvalue weighted by atomic mass is 9.87. The molecule has 1 heterocycles. The summed E-state index contributed by atoms with van der Waals surface area (Å²) in [6.07, 6.45) is 13.9. The summed E-state index contributed by atoms with van der Waals surface area (Å²) in [7, 11) is 0. The zero-order chi connectivity index (χ0) is 11.9. The van der Waals surface area contributed by atoms with Crippen LogP contribution < -0.4 is 0 Å². The molecule has 1 atom stereocenters. The Morgan fingerprint density at radius 1 is 0.882 bits per heavy atom. The Balaban J connectivity index is 1.74. The Kier molecular flexibility index (Phi) is 5.79. The summed E-state index contributed by atoms with van der Waals surface area (Å²) in [5.41, 5.74) is 0. The molecule has 0 spiro atoms. The van der Waals surface area contributed by atoms with Crippen LogP contribution in [0.5, 0.6) is 0 Å². The van der Waals surface area contributed by atoms with Crippen LogP contribution >= 0.6 is 0 Å². The lowest BCUT2D eigenvalue weighted by Gasteiger charge is -2.31. The number of likely N-dealkylation sites (tertiary alicyclic amines) is 1. The Bertz CT molecular complexity index is 201. The standard InChI is InChI=1S/C15H29NO/c17-13-15-9-5-2-6-11-16(15)12-10-14-7-3-1-4-8-14/h14-15,17H,1-13H2. The van der Waals surface area contributed by atoms with Crippen molar-refractivity contribution in [2.75, 3.05) is 19.7 Å². The molecule has 1 aliphatic heterocycles. The fraction of sp³-hybridized carbons (Fsp3) is 1.00. The van der Waals surface area contributed by atoms with Crippen molar-refractivity contribution in [3.63, 3.8) is 0 Å². The highest BCUT2D eigenvalue weighted by Crippen LogP contribution is 2.27. The van der Waals surface area contributed by atoms with Crippen molar-refractivity contribution < 1.29 is 5.11 Å². The van der Waals surface area contributed by atoms with Gasteiger partial charge in [-0.1, -0.05) is 44.9 Å². The van der Waals surface area contributed by atoms with Crippen molar-refractivity contribution in [1.29, 1.82) is 0 Å². The molecule has 2 heteroatoms. The summed E-state index contributed by atoms with van der Waals surface area (Å²) >= 11 is 0. The molecule has 2 aliphatic rings. The van der Waals surface area contributed by atoms with Crippen molar-refractivity contribution in [3.8, 4) is 0 Å². The molecule has 0 bridgehead atoms. The first kappa shape index (κ1) is 13.4. The molecule has 0 aromatic carbocycles. The van der Waals surface area contributed by atoms with Crippen LogP contribution in [-0.4, -0.2) is 35.7 Å². The quantitative estimate of drug-likeness (QED) is 0.814. The highest BCUT2D eigenvalue weighted by molar-refractivity contribution is 4.76. The molecule has 17 heavy (non-hydrogen) atoms. The zero-order valence-corrected chi connectivity index (χ0v) is 11.2. The first-order valence-corrected chi connectivity index (χ1v) is 7.75. The predicted octanol–water partition coefficient (Wildman–Crippen LogP) is 3.19. The predicted molar refractivity (Wildman–Crippen MR) is 72.1 cm³/mol. The first-order valence-electron chi connectivity index (χ1n) is 7.75. The van der Waals surface area contributed by atoms with Crippen molar-refractivity contribution in [3.05, 3.63) is 0 Å². The van der Waals surface area contributed by atoms with Crippen molar-refractivity contribution in [2.45, 2.75) is 70.3 Å². The SMILES string of the molecule is OCC1CCCCCN1CCC1CCCCC1. The summed E-state index contributed by atoms with van der Waals surface area (Å²) in [6, 6.07) is 0.459. The van der Waals surface area contributed by atoms with Crippen LogP contribution in [0.3, 0.4) is 0 Å². The lowest BCUT2D eigenvalue weighted by molar-refractivity contribution is 0.115. The van der Waals surface area contributed by atoms with Gasteiger partial charge in [0.1, 0.15) is 0 Å². The van der Waals surface area contributed by atoms with E-state index in [1.165, 1.54) is 77.3 Å². The van der Waals surface area contributed by atoms with E-state index in [1.807, 2.05) is 0 Å². The van der Waals surface area contributed by atoms with E-state index in [2.05, 4.69) is 4.90 Å². The molecule has 1 saturated heterocycles. The maximum atomic E-state index is 9.48. The summed E-state index contributed by atoms with van der Waals surface area (Å²) < 4.78 is 0. The molecule has 1 aliphatic carbocycles.